The van der Waals surface area contributed by atoms with Crippen LogP contribution in [0.1, 0.15) is 12.5 Å². The molecule has 6 nitrogen and oxygen atoms in total. The SMILES string of the molecule is N#CC1(C#N)CC(n2ncc3ccccc32)C1(C#N)C#N. The minimum atomic E-state index is -1.70. The number of benzene rings is 1. The smallest absolute Gasteiger partial charge is 0.197 e. The highest BCUT2D eigenvalue weighted by Gasteiger charge is 2.70. The highest BCUT2D eigenvalue weighted by molar-refractivity contribution is 5.78. The van der Waals surface area contributed by atoms with Gasteiger partial charge in [0.05, 0.1) is 42.0 Å². The van der Waals surface area contributed by atoms with Crippen molar-refractivity contribution >= 4 is 10.9 Å². The fourth-order valence-corrected chi connectivity index (χ4v) is 2.93. The lowest BCUT2D eigenvalue weighted by Gasteiger charge is -2.48. The second-order valence-corrected chi connectivity index (χ2v) is 5.03. The van der Waals surface area contributed by atoms with Gasteiger partial charge in [-0.25, -0.2) is 0 Å². The zero-order valence-corrected chi connectivity index (χ0v) is 10.9. The van der Waals surface area contributed by atoms with Crippen LogP contribution in [0.2, 0.25) is 0 Å². The molecule has 0 radical (unpaired) electrons. The van der Waals surface area contributed by atoms with Gasteiger partial charge in [-0.2, -0.15) is 26.1 Å². The fourth-order valence-electron chi connectivity index (χ4n) is 2.93. The van der Waals surface area contributed by atoms with Gasteiger partial charge in [-0.1, -0.05) is 18.2 Å². The summed E-state index contributed by atoms with van der Waals surface area (Å²) in [6.07, 6.45) is 1.76. The molecular weight excluding hydrogens is 264 g/mol. The van der Waals surface area contributed by atoms with Crippen LogP contribution in [0.3, 0.4) is 0 Å². The number of nitriles is 4. The number of hydrogen-bond acceptors (Lipinski definition) is 5. The summed E-state index contributed by atoms with van der Waals surface area (Å²) < 4.78 is 1.58. The Labute approximate surface area is 120 Å². The summed E-state index contributed by atoms with van der Waals surface area (Å²) in [6.45, 7) is 0. The molecular formula is C15H8N6. The molecule has 98 valence electrons. The molecule has 1 fully saturated rings. The van der Waals surface area contributed by atoms with E-state index in [2.05, 4.69) is 5.10 Å². The topological polar surface area (TPSA) is 113 Å². The maximum Gasteiger partial charge on any atom is 0.197 e. The number of para-hydroxylation sites is 1. The van der Waals surface area contributed by atoms with E-state index in [1.807, 2.05) is 48.5 Å². The Morgan fingerprint density at radius 2 is 1.71 bits per heavy atom. The molecule has 1 heterocycles. The first-order valence-corrected chi connectivity index (χ1v) is 6.25. The second kappa shape index (κ2) is 4.07. The molecule has 1 unspecified atom stereocenters. The Bertz CT molecular complexity index is 867. The van der Waals surface area contributed by atoms with Crippen LogP contribution in [0.4, 0.5) is 0 Å². The van der Waals surface area contributed by atoms with Gasteiger partial charge in [0.15, 0.2) is 10.8 Å². The number of hydrogen-bond donors (Lipinski definition) is 0. The first-order valence-electron chi connectivity index (χ1n) is 6.25. The van der Waals surface area contributed by atoms with Crippen LogP contribution in [-0.4, -0.2) is 9.78 Å². The molecule has 0 bridgehead atoms. The van der Waals surface area contributed by atoms with Crippen molar-refractivity contribution in [2.24, 2.45) is 10.8 Å². The fraction of sp³-hybridized carbons (Fsp3) is 0.267. The molecule has 0 amide bonds. The molecule has 1 saturated carbocycles. The van der Waals surface area contributed by atoms with Crippen LogP contribution in [0.25, 0.3) is 10.9 Å². The zero-order valence-electron chi connectivity index (χ0n) is 10.9. The Balaban J connectivity index is 2.19. The summed E-state index contributed by atoms with van der Waals surface area (Å²) in [5, 5.41) is 42.6. The van der Waals surface area contributed by atoms with Gasteiger partial charge in [0.2, 0.25) is 0 Å². The minimum Gasteiger partial charge on any atom is -0.259 e. The molecule has 0 N–H and O–H groups in total. The highest BCUT2D eigenvalue weighted by Crippen LogP contribution is 2.62. The van der Waals surface area contributed by atoms with Gasteiger partial charge in [-0.15, -0.1) is 0 Å². The quantitative estimate of drug-likeness (QED) is 0.788. The monoisotopic (exact) mass is 272 g/mol. The molecule has 1 aromatic heterocycles. The summed E-state index contributed by atoms with van der Waals surface area (Å²) in [4.78, 5) is 0. The van der Waals surface area contributed by atoms with E-state index in [1.54, 1.807) is 10.9 Å². The van der Waals surface area contributed by atoms with Crippen molar-refractivity contribution in [3.63, 3.8) is 0 Å². The van der Waals surface area contributed by atoms with Crippen molar-refractivity contribution in [3.8, 4) is 24.3 Å². The van der Waals surface area contributed by atoms with Crippen LogP contribution in [-0.2, 0) is 0 Å². The molecule has 0 aliphatic heterocycles. The van der Waals surface area contributed by atoms with E-state index in [4.69, 9.17) is 0 Å². The average Bonchev–Trinajstić information content (AvgIpc) is 2.93. The molecule has 1 aromatic carbocycles. The summed E-state index contributed by atoms with van der Waals surface area (Å²) in [5.41, 5.74) is -2.53. The molecule has 0 spiro atoms. The Hall–Kier alpha value is -3.35. The van der Waals surface area contributed by atoms with E-state index in [-0.39, 0.29) is 6.42 Å². The third-order valence-corrected chi connectivity index (χ3v) is 4.21. The number of fused-ring (bicyclic) bond motifs is 1. The molecule has 2 aromatic rings. The lowest BCUT2D eigenvalue weighted by molar-refractivity contribution is 0.0393. The van der Waals surface area contributed by atoms with E-state index in [1.165, 1.54) is 0 Å². The first kappa shape index (κ1) is 12.7. The van der Waals surface area contributed by atoms with Gasteiger partial charge in [-0.05, 0) is 6.07 Å². The summed E-state index contributed by atoms with van der Waals surface area (Å²) >= 11 is 0. The predicted octanol–water partition coefficient (Wildman–Crippen LogP) is 2.05. The summed E-state index contributed by atoms with van der Waals surface area (Å²) in [7, 11) is 0. The van der Waals surface area contributed by atoms with E-state index in [0.29, 0.717) is 0 Å². The van der Waals surface area contributed by atoms with E-state index < -0.39 is 16.9 Å². The van der Waals surface area contributed by atoms with E-state index in [9.17, 15) is 21.0 Å². The predicted molar refractivity (Wildman–Crippen MR) is 70.7 cm³/mol. The van der Waals surface area contributed by atoms with Crippen molar-refractivity contribution < 1.29 is 0 Å². The summed E-state index contributed by atoms with van der Waals surface area (Å²) in [6, 6.07) is 14.3. The molecule has 1 atom stereocenters. The van der Waals surface area contributed by atoms with Gasteiger partial charge in [0, 0.05) is 11.8 Å². The summed E-state index contributed by atoms with van der Waals surface area (Å²) in [5.74, 6) is 0. The lowest BCUT2D eigenvalue weighted by Crippen LogP contribution is -2.56. The van der Waals surface area contributed by atoms with Crippen LogP contribution < -0.4 is 0 Å². The maximum absolute atomic E-state index is 9.46. The zero-order chi connectivity index (χ0) is 15.1. The van der Waals surface area contributed by atoms with Crippen molar-refractivity contribution in [2.75, 3.05) is 0 Å². The number of aromatic nitrogens is 2. The average molecular weight is 272 g/mol. The third-order valence-electron chi connectivity index (χ3n) is 4.21. The van der Waals surface area contributed by atoms with Crippen molar-refractivity contribution in [1.82, 2.24) is 9.78 Å². The van der Waals surface area contributed by atoms with Crippen molar-refractivity contribution in [2.45, 2.75) is 12.5 Å². The van der Waals surface area contributed by atoms with Gasteiger partial charge >= 0.3 is 0 Å². The standard InChI is InChI=1S/C15H8N6/c16-7-14(8-17)5-13(15(14,9-18)10-19)21-12-4-2-1-3-11(12)6-20-21/h1-4,6,13H,5H2. The third kappa shape index (κ3) is 1.29. The molecule has 1 aliphatic rings. The van der Waals surface area contributed by atoms with Crippen molar-refractivity contribution in [1.29, 1.82) is 21.0 Å². The largest absolute Gasteiger partial charge is 0.259 e. The lowest BCUT2D eigenvalue weighted by atomic mass is 9.48. The first-order chi connectivity index (χ1) is 10.2. The van der Waals surface area contributed by atoms with E-state index in [0.717, 1.165) is 10.9 Å². The normalized spacial score (nSPS) is 21.2. The molecule has 3 rings (SSSR count). The Morgan fingerprint density at radius 1 is 1.05 bits per heavy atom. The van der Waals surface area contributed by atoms with Crippen LogP contribution in [0, 0.1) is 56.2 Å². The van der Waals surface area contributed by atoms with Crippen molar-refractivity contribution in [3.05, 3.63) is 30.5 Å². The van der Waals surface area contributed by atoms with Crippen LogP contribution >= 0.6 is 0 Å². The minimum absolute atomic E-state index is 0.118. The van der Waals surface area contributed by atoms with Gasteiger partial charge in [-0.3, -0.25) is 4.68 Å². The van der Waals surface area contributed by atoms with Crippen LogP contribution in [0.15, 0.2) is 30.5 Å². The number of nitrogens with zero attached hydrogens (tertiary/aromatic N) is 6. The highest BCUT2D eigenvalue weighted by atomic mass is 15.3. The Morgan fingerprint density at radius 3 is 2.33 bits per heavy atom. The van der Waals surface area contributed by atoms with Crippen LogP contribution in [0.5, 0.6) is 0 Å². The molecule has 6 heteroatoms. The molecule has 21 heavy (non-hydrogen) atoms. The second-order valence-electron chi connectivity index (χ2n) is 5.03. The maximum atomic E-state index is 9.46. The molecule has 1 aliphatic carbocycles. The van der Waals surface area contributed by atoms with Gasteiger partial charge in [0.25, 0.3) is 0 Å². The Kier molecular flexibility index (Phi) is 2.46. The van der Waals surface area contributed by atoms with Gasteiger partial charge in [0.1, 0.15) is 0 Å². The number of rotatable bonds is 1. The van der Waals surface area contributed by atoms with E-state index >= 15 is 0 Å². The molecule has 0 saturated heterocycles. The van der Waals surface area contributed by atoms with Gasteiger partial charge < -0.3 is 0 Å².